The molecule has 0 atom stereocenters. The van der Waals surface area contributed by atoms with Crippen LogP contribution in [0.3, 0.4) is 0 Å². The van der Waals surface area contributed by atoms with Crippen molar-refractivity contribution in [3.05, 3.63) is 23.8 Å². The molecule has 0 bridgehead atoms. The van der Waals surface area contributed by atoms with Gasteiger partial charge in [-0.25, -0.2) is 0 Å². The molecular weight excluding hydrogens is 240 g/mol. The summed E-state index contributed by atoms with van der Waals surface area (Å²) < 4.78 is 5.40. The zero-order valence-corrected chi connectivity index (χ0v) is 11.4. The lowest BCUT2D eigenvalue weighted by atomic mass is 9.83. The first-order chi connectivity index (χ1) is 9.15. The topological polar surface area (TPSA) is 64.3 Å². The summed E-state index contributed by atoms with van der Waals surface area (Å²) in [4.78, 5) is 11.7. The number of aryl methyl sites for hydroxylation is 1. The Morgan fingerprint density at radius 2 is 2.26 bits per heavy atom. The van der Waals surface area contributed by atoms with Gasteiger partial charge >= 0.3 is 0 Å². The standard InChI is InChI=1S/C15H22N2O2/c1-11-5-6-13(16)9-14(11)17-15(18)10-19-8-7-12-3-2-4-12/h5-6,9,12H,2-4,7-8,10,16H2,1H3,(H,17,18). The summed E-state index contributed by atoms with van der Waals surface area (Å²) in [6.07, 6.45) is 5.06. The monoisotopic (exact) mass is 262 g/mol. The van der Waals surface area contributed by atoms with Gasteiger partial charge in [-0.05, 0) is 37.0 Å². The van der Waals surface area contributed by atoms with Crippen LogP contribution >= 0.6 is 0 Å². The van der Waals surface area contributed by atoms with Crippen LogP contribution in [0.25, 0.3) is 0 Å². The Balaban J connectivity index is 1.69. The van der Waals surface area contributed by atoms with Gasteiger partial charge in [0.2, 0.25) is 5.91 Å². The van der Waals surface area contributed by atoms with Gasteiger partial charge in [0.05, 0.1) is 0 Å². The second-order valence-corrected chi connectivity index (χ2v) is 5.26. The number of rotatable bonds is 6. The van der Waals surface area contributed by atoms with E-state index in [0.29, 0.717) is 12.3 Å². The van der Waals surface area contributed by atoms with E-state index < -0.39 is 0 Å². The summed E-state index contributed by atoms with van der Waals surface area (Å²) in [6, 6.07) is 5.48. The summed E-state index contributed by atoms with van der Waals surface area (Å²) in [5, 5.41) is 2.82. The average Bonchev–Trinajstić information content (AvgIpc) is 2.31. The van der Waals surface area contributed by atoms with Crippen molar-refractivity contribution in [1.82, 2.24) is 0 Å². The molecule has 3 N–H and O–H groups in total. The molecule has 4 heteroatoms. The molecule has 1 aliphatic carbocycles. The number of amides is 1. The third-order valence-corrected chi connectivity index (χ3v) is 3.66. The molecule has 1 aromatic rings. The fraction of sp³-hybridized carbons (Fsp3) is 0.533. The first-order valence-corrected chi connectivity index (χ1v) is 6.89. The number of carbonyl (C=O) groups excluding carboxylic acids is 1. The zero-order valence-electron chi connectivity index (χ0n) is 11.4. The lowest BCUT2D eigenvalue weighted by Crippen LogP contribution is -2.21. The average molecular weight is 262 g/mol. The predicted molar refractivity (Wildman–Crippen MR) is 77.0 cm³/mol. The largest absolute Gasteiger partial charge is 0.399 e. The molecule has 0 aromatic heterocycles. The minimum Gasteiger partial charge on any atom is -0.399 e. The molecule has 0 spiro atoms. The highest BCUT2D eigenvalue weighted by Crippen LogP contribution is 2.29. The molecule has 1 saturated carbocycles. The fourth-order valence-electron chi connectivity index (χ4n) is 2.16. The molecule has 0 unspecified atom stereocenters. The SMILES string of the molecule is Cc1ccc(N)cc1NC(=O)COCCC1CCC1. The van der Waals surface area contributed by atoms with Crippen LogP contribution in [0.2, 0.25) is 0 Å². The molecule has 0 heterocycles. The maximum atomic E-state index is 11.7. The number of benzene rings is 1. The molecule has 4 nitrogen and oxygen atoms in total. The smallest absolute Gasteiger partial charge is 0.250 e. The highest BCUT2D eigenvalue weighted by Gasteiger charge is 2.16. The van der Waals surface area contributed by atoms with Crippen molar-refractivity contribution >= 4 is 17.3 Å². The quantitative estimate of drug-likeness (QED) is 0.612. The molecule has 2 rings (SSSR count). The van der Waals surface area contributed by atoms with E-state index in [9.17, 15) is 4.79 Å². The van der Waals surface area contributed by atoms with Crippen LogP contribution in [0.1, 0.15) is 31.2 Å². The first kappa shape index (κ1) is 13.9. The van der Waals surface area contributed by atoms with Gasteiger partial charge in [0.15, 0.2) is 0 Å². The number of nitrogen functional groups attached to an aromatic ring is 1. The molecule has 1 amide bonds. The van der Waals surface area contributed by atoms with E-state index in [-0.39, 0.29) is 12.5 Å². The zero-order chi connectivity index (χ0) is 13.7. The van der Waals surface area contributed by atoms with Gasteiger partial charge < -0.3 is 15.8 Å². The normalized spacial score (nSPS) is 15.0. The summed E-state index contributed by atoms with van der Waals surface area (Å²) in [5.41, 5.74) is 8.10. The number of hydrogen-bond acceptors (Lipinski definition) is 3. The van der Waals surface area contributed by atoms with Gasteiger partial charge in [-0.3, -0.25) is 4.79 Å². The molecule has 19 heavy (non-hydrogen) atoms. The number of nitrogens with two attached hydrogens (primary N) is 1. The van der Waals surface area contributed by atoms with Crippen molar-refractivity contribution in [1.29, 1.82) is 0 Å². The minimum absolute atomic E-state index is 0.112. The van der Waals surface area contributed by atoms with E-state index in [1.165, 1.54) is 19.3 Å². The van der Waals surface area contributed by atoms with Crippen LogP contribution in [-0.2, 0) is 9.53 Å². The van der Waals surface area contributed by atoms with Crippen molar-refractivity contribution < 1.29 is 9.53 Å². The van der Waals surface area contributed by atoms with Crippen LogP contribution in [0, 0.1) is 12.8 Å². The molecular formula is C15H22N2O2. The molecule has 104 valence electrons. The third kappa shape index (κ3) is 4.24. The second kappa shape index (κ2) is 6.57. The minimum atomic E-state index is -0.123. The van der Waals surface area contributed by atoms with Crippen molar-refractivity contribution in [2.24, 2.45) is 5.92 Å². The number of hydrogen-bond donors (Lipinski definition) is 2. The van der Waals surface area contributed by atoms with Crippen molar-refractivity contribution in [3.63, 3.8) is 0 Å². The van der Waals surface area contributed by atoms with Crippen LogP contribution in [0.5, 0.6) is 0 Å². The van der Waals surface area contributed by atoms with Crippen LogP contribution in [-0.4, -0.2) is 19.1 Å². The number of carbonyl (C=O) groups is 1. The number of ether oxygens (including phenoxy) is 1. The number of anilines is 2. The van der Waals surface area contributed by atoms with Crippen LogP contribution in [0.15, 0.2) is 18.2 Å². The van der Waals surface area contributed by atoms with E-state index in [0.717, 1.165) is 23.6 Å². The highest BCUT2D eigenvalue weighted by atomic mass is 16.5. The molecule has 0 radical (unpaired) electrons. The Morgan fingerprint density at radius 3 is 2.95 bits per heavy atom. The summed E-state index contributed by atoms with van der Waals surface area (Å²) in [6.45, 7) is 2.72. The maximum Gasteiger partial charge on any atom is 0.250 e. The Kier molecular flexibility index (Phi) is 4.80. The van der Waals surface area contributed by atoms with E-state index >= 15 is 0 Å². The van der Waals surface area contributed by atoms with Crippen molar-refractivity contribution in [3.8, 4) is 0 Å². The van der Waals surface area contributed by atoms with Gasteiger partial charge in [-0.15, -0.1) is 0 Å². The van der Waals surface area contributed by atoms with Gasteiger partial charge in [-0.1, -0.05) is 25.3 Å². The lowest BCUT2D eigenvalue weighted by Gasteiger charge is -2.24. The van der Waals surface area contributed by atoms with E-state index in [2.05, 4.69) is 5.32 Å². The van der Waals surface area contributed by atoms with Gasteiger partial charge in [0.1, 0.15) is 6.61 Å². The van der Waals surface area contributed by atoms with E-state index in [4.69, 9.17) is 10.5 Å². The predicted octanol–water partition coefficient (Wildman–Crippen LogP) is 2.72. The van der Waals surface area contributed by atoms with Gasteiger partial charge in [0.25, 0.3) is 0 Å². The second-order valence-electron chi connectivity index (χ2n) is 5.26. The summed E-state index contributed by atoms with van der Waals surface area (Å²) in [5.74, 6) is 0.696. The fourth-order valence-corrected chi connectivity index (χ4v) is 2.16. The summed E-state index contributed by atoms with van der Waals surface area (Å²) in [7, 11) is 0. The molecule has 1 aliphatic rings. The summed E-state index contributed by atoms with van der Waals surface area (Å²) >= 11 is 0. The Hall–Kier alpha value is -1.55. The molecule has 0 aliphatic heterocycles. The first-order valence-electron chi connectivity index (χ1n) is 6.89. The molecule has 0 saturated heterocycles. The Morgan fingerprint density at radius 1 is 1.47 bits per heavy atom. The number of nitrogens with one attached hydrogen (secondary N) is 1. The third-order valence-electron chi connectivity index (χ3n) is 3.66. The van der Waals surface area contributed by atoms with Crippen molar-refractivity contribution in [2.45, 2.75) is 32.6 Å². The van der Waals surface area contributed by atoms with Crippen LogP contribution in [0.4, 0.5) is 11.4 Å². The highest BCUT2D eigenvalue weighted by molar-refractivity contribution is 5.92. The maximum absolute atomic E-state index is 11.7. The Bertz CT molecular complexity index is 442. The Labute approximate surface area is 114 Å². The van der Waals surface area contributed by atoms with E-state index in [1.807, 2.05) is 19.1 Å². The molecule has 1 fully saturated rings. The lowest BCUT2D eigenvalue weighted by molar-refractivity contribution is -0.120. The van der Waals surface area contributed by atoms with Gasteiger partial charge in [0, 0.05) is 18.0 Å². The van der Waals surface area contributed by atoms with Crippen LogP contribution < -0.4 is 11.1 Å². The molecule has 1 aromatic carbocycles. The van der Waals surface area contributed by atoms with Gasteiger partial charge in [-0.2, -0.15) is 0 Å². The van der Waals surface area contributed by atoms with Crippen molar-refractivity contribution in [2.75, 3.05) is 24.3 Å². The van der Waals surface area contributed by atoms with E-state index in [1.54, 1.807) is 6.07 Å².